The Balaban J connectivity index is 0.000000143. The van der Waals surface area contributed by atoms with Crippen molar-refractivity contribution in [3.63, 3.8) is 0 Å². The first-order chi connectivity index (χ1) is 48.9. The summed E-state index contributed by atoms with van der Waals surface area (Å²) in [5, 5.41) is 47.4. The van der Waals surface area contributed by atoms with Gasteiger partial charge in [0.1, 0.15) is 0 Å². The summed E-state index contributed by atoms with van der Waals surface area (Å²) < 4.78 is 0. The molecule has 0 N–H and O–H groups in total. The first-order valence-electron chi connectivity index (χ1n) is 31.3. The fourth-order valence-electron chi connectivity index (χ4n) is 10.5. The number of rotatable bonds is 10. The van der Waals surface area contributed by atoms with Crippen molar-refractivity contribution in [2.75, 3.05) is 0 Å². The summed E-state index contributed by atoms with van der Waals surface area (Å²) in [5.41, 5.74) is 13.1. The number of fused-ring (bicyclic) bond motifs is 4. The summed E-state index contributed by atoms with van der Waals surface area (Å²) in [5.74, 6) is -4.74. The van der Waals surface area contributed by atoms with E-state index >= 15 is 0 Å². The quantitative estimate of drug-likeness (QED) is 0.115. The average molecular weight is 1530 g/mol. The van der Waals surface area contributed by atoms with E-state index in [2.05, 4.69) is 39.9 Å². The minimum absolute atomic E-state index is 0. The SMILES string of the molecule is O=C([O-])c1cc(-c2ccccc2)nc2ccccc12.O=C([O-])c1cc(-c2ccccc2)nc2ccccc12.O=C([O-])c1cc(-c2ccccc2)nc2ccccc12.O=C([O-])c1cc(-c2ccccc2)nc2ccccc12.[Cd+2].[Cd+2].c1ccc(-c2ccccn2)nc1.c1ccc(-c2ccccn2)nc1. The number of carboxylic acids is 4. The fourth-order valence-corrected chi connectivity index (χ4v) is 10.5. The van der Waals surface area contributed by atoms with Gasteiger partial charge >= 0.3 is 54.6 Å². The Morgan fingerprint density at radius 1 is 0.206 bits per heavy atom. The molecule has 16 aromatic rings. The van der Waals surface area contributed by atoms with E-state index < -0.39 is 23.9 Å². The maximum Gasteiger partial charge on any atom is 2.00 e. The standard InChI is InChI=1S/4C16H11NO2.2C10H8N2.2Cd/c4*18-16(19)13-10-15(11-6-2-1-3-7-11)17-14-9-5-4-8-12(13)14;2*1-3-7-11-9(5-1)10-6-2-4-8-12-10;;/h4*1-10H,(H,18,19);2*1-8H;;/q;;;;;;2*+2/p-4. The minimum Gasteiger partial charge on any atom is -0.545 e. The molecule has 0 amide bonds. The van der Waals surface area contributed by atoms with Crippen molar-refractivity contribution >= 4 is 67.5 Å². The third-order valence-electron chi connectivity index (χ3n) is 15.2. The van der Waals surface area contributed by atoms with Gasteiger partial charge in [0.05, 0.1) is 91.5 Å². The van der Waals surface area contributed by atoms with Crippen LogP contribution in [-0.2, 0) is 54.6 Å². The molecule has 0 saturated heterocycles. The number of aromatic nitrogens is 8. The van der Waals surface area contributed by atoms with Gasteiger partial charge in [-0.15, -0.1) is 0 Å². The number of nitrogens with zero attached hydrogens (tertiary/aromatic N) is 8. The molecule has 0 aliphatic rings. The number of hydrogen-bond donors (Lipinski definition) is 0. The van der Waals surface area contributed by atoms with Crippen LogP contribution in [0.5, 0.6) is 0 Å². The molecule has 0 atom stereocenters. The molecule has 0 radical (unpaired) electrons. The smallest absolute Gasteiger partial charge is 0.545 e. The fraction of sp³-hybridized carbons (Fsp3) is 0. The number of carbonyl (C=O) groups is 4. The summed E-state index contributed by atoms with van der Waals surface area (Å²) in [6.45, 7) is 0. The molecule has 8 aromatic heterocycles. The molecule has 0 aliphatic carbocycles. The molecule has 0 saturated carbocycles. The molecule has 0 aliphatic heterocycles. The monoisotopic (exact) mass is 1530 g/mol. The van der Waals surface area contributed by atoms with Crippen molar-refractivity contribution in [3.05, 3.63) is 362 Å². The van der Waals surface area contributed by atoms with Gasteiger partial charge in [0, 0.05) is 90.8 Å². The molecule has 484 valence electrons. The second-order valence-corrected chi connectivity index (χ2v) is 21.8. The molecule has 16 rings (SSSR count). The summed E-state index contributed by atoms with van der Waals surface area (Å²) in [4.78, 5) is 79.8. The van der Waals surface area contributed by atoms with Crippen LogP contribution in [0.2, 0.25) is 0 Å². The van der Waals surface area contributed by atoms with Crippen molar-refractivity contribution in [1.82, 2.24) is 39.9 Å². The molecule has 0 spiro atoms. The van der Waals surface area contributed by atoms with E-state index in [4.69, 9.17) is 0 Å². The van der Waals surface area contributed by atoms with Gasteiger partial charge in [-0.2, -0.15) is 0 Å². The Morgan fingerprint density at radius 3 is 0.559 bits per heavy atom. The second-order valence-electron chi connectivity index (χ2n) is 21.8. The molecule has 0 unspecified atom stereocenters. The molecular formula is C84H56Cd2N8O8. The molecule has 8 aromatic carbocycles. The Hall–Kier alpha value is -12.3. The van der Waals surface area contributed by atoms with Crippen LogP contribution < -0.4 is 20.4 Å². The van der Waals surface area contributed by atoms with Crippen molar-refractivity contribution in [1.29, 1.82) is 0 Å². The average Bonchev–Trinajstić information content (AvgIpc) is 0.813. The summed E-state index contributed by atoms with van der Waals surface area (Å²) in [6.07, 6.45) is 7.07. The van der Waals surface area contributed by atoms with E-state index in [0.29, 0.717) is 66.4 Å². The van der Waals surface area contributed by atoms with E-state index in [1.165, 1.54) is 0 Å². The Kier molecular flexibility index (Phi) is 26.9. The van der Waals surface area contributed by atoms with E-state index in [1.807, 2.05) is 218 Å². The Bertz CT molecular complexity index is 4760. The van der Waals surface area contributed by atoms with Crippen LogP contribution >= 0.6 is 0 Å². The predicted octanol–water partition coefficient (Wildman–Crippen LogP) is 13.3. The van der Waals surface area contributed by atoms with E-state index in [-0.39, 0.29) is 76.9 Å². The Labute approximate surface area is 626 Å². The van der Waals surface area contributed by atoms with Gasteiger partial charge in [0.2, 0.25) is 0 Å². The minimum atomic E-state index is -1.18. The third kappa shape index (κ3) is 19.5. The van der Waals surface area contributed by atoms with Gasteiger partial charge in [-0.1, -0.05) is 218 Å². The van der Waals surface area contributed by atoms with E-state index in [0.717, 1.165) is 45.0 Å². The van der Waals surface area contributed by atoms with Gasteiger partial charge in [-0.3, -0.25) is 19.9 Å². The number of benzene rings is 8. The molecular weight excluding hydrogens is 1470 g/mol. The molecule has 0 bridgehead atoms. The zero-order chi connectivity index (χ0) is 69.4. The maximum absolute atomic E-state index is 11.3. The van der Waals surface area contributed by atoms with Crippen molar-refractivity contribution < 1.29 is 94.2 Å². The maximum atomic E-state index is 11.3. The number of para-hydroxylation sites is 4. The summed E-state index contributed by atoms with van der Waals surface area (Å²) >= 11 is 0. The largest absolute Gasteiger partial charge is 2.00 e. The van der Waals surface area contributed by atoms with Crippen LogP contribution in [-0.4, -0.2) is 63.7 Å². The molecule has 0 fully saturated rings. The van der Waals surface area contributed by atoms with E-state index in [1.54, 1.807) is 122 Å². The number of carbonyl (C=O) groups excluding carboxylic acids is 4. The number of pyridine rings is 8. The molecule has 8 heterocycles. The first kappa shape index (κ1) is 74.0. The number of hydrogen-bond acceptors (Lipinski definition) is 16. The first-order valence-corrected chi connectivity index (χ1v) is 31.3. The summed E-state index contributed by atoms with van der Waals surface area (Å²) in [7, 11) is 0. The molecule has 16 nitrogen and oxygen atoms in total. The molecule has 18 heteroatoms. The predicted molar refractivity (Wildman–Crippen MR) is 381 cm³/mol. The van der Waals surface area contributed by atoms with Gasteiger partial charge in [-0.25, -0.2) is 19.9 Å². The molecule has 102 heavy (non-hydrogen) atoms. The second kappa shape index (κ2) is 37.1. The van der Waals surface area contributed by atoms with Crippen LogP contribution in [0.3, 0.4) is 0 Å². The third-order valence-corrected chi connectivity index (χ3v) is 15.2. The topological polar surface area (TPSA) is 264 Å². The van der Waals surface area contributed by atoms with Crippen molar-refractivity contribution in [2.45, 2.75) is 0 Å². The van der Waals surface area contributed by atoms with Crippen molar-refractivity contribution in [3.8, 4) is 67.8 Å². The van der Waals surface area contributed by atoms with Crippen LogP contribution in [0.4, 0.5) is 0 Å². The van der Waals surface area contributed by atoms with Gasteiger partial charge in [0.25, 0.3) is 0 Å². The zero-order valence-corrected chi connectivity index (χ0v) is 62.7. The van der Waals surface area contributed by atoms with Crippen molar-refractivity contribution in [2.24, 2.45) is 0 Å². The van der Waals surface area contributed by atoms with Crippen LogP contribution in [0.1, 0.15) is 41.4 Å². The normalized spacial score (nSPS) is 10.1. The summed E-state index contributed by atoms with van der Waals surface area (Å²) in [6, 6.07) is 96.1. The van der Waals surface area contributed by atoms with Gasteiger partial charge in [0.15, 0.2) is 0 Å². The van der Waals surface area contributed by atoms with Crippen LogP contribution in [0.25, 0.3) is 111 Å². The number of carboxylic acid groups (broad SMARTS) is 4. The Morgan fingerprint density at radius 2 is 0.382 bits per heavy atom. The van der Waals surface area contributed by atoms with Gasteiger partial charge < -0.3 is 39.6 Å². The van der Waals surface area contributed by atoms with Crippen LogP contribution in [0.15, 0.2) is 340 Å². The van der Waals surface area contributed by atoms with Gasteiger partial charge in [-0.05, 0) is 97.1 Å². The number of aromatic carboxylic acids is 4. The van der Waals surface area contributed by atoms with E-state index in [9.17, 15) is 39.6 Å². The van der Waals surface area contributed by atoms with Crippen LogP contribution in [0, 0.1) is 0 Å². The zero-order valence-electron chi connectivity index (χ0n) is 54.6.